The van der Waals surface area contributed by atoms with E-state index in [4.69, 9.17) is 9.47 Å². The standard InChI is InChI=1S/C15H20BrNO5S/c1-21-14-4-3-13(16)9-12(14)10-22-15(18)11-5-7-17(8-6-11)23(2,19)20/h3-4,9,11H,5-8,10H2,1-2H3. The van der Waals surface area contributed by atoms with Gasteiger partial charge in [-0.2, -0.15) is 0 Å². The molecule has 8 heteroatoms. The summed E-state index contributed by atoms with van der Waals surface area (Å²) >= 11 is 3.38. The van der Waals surface area contributed by atoms with Gasteiger partial charge in [-0.3, -0.25) is 4.79 Å². The summed E-state index contributed by atoms with van der Waals surface area (Å²) in [7, 11) is -1.62. The molecule has 1 aromatic rings. The van der Waals surface area contributed by atoms with E-state index in [9.17, 15) is 13.2 Å². The molecule has 128 valence electrons. The molecule has 1 fully saturated rings. The molecule has 0 aliphatic carbocycles. The first kappa shape index (κ1) is 18.2. The lowest BCUT2D eigenvalue weighted by Crippen LogP contribution is -2.40. The number of hydrogen-bond acceptors (Lipinski definition) is 5. The summed E-state index contributed by atoms with van der Waals surface area (Å²) in [5.41, 5.74) is 0.781. The number of nitrogens with zero attached hydrogens (tertiary/aromatic N) is 1. The van der Waals surface area contributed by atoms with Crippen LogP contribution in [-0.2, 0) is 26.2 Å². The normalized spacial score (nSPS) is 17.0. The lowest BCUT2D eigenvalue weighted by molar-refractivity contribution is -0.151. The monoisotopic (exact) mass is 405 g/mol. The van der Waals surface area contributed by atoms with Crippen LogP contribution in [0.4, 0.5) is 0 Å². The van der Waals surface area contributed by atoms with E-state index in [1.54, 1.807) is 13.2 Å². The highest BCUT2D eigenvalue weighted by atomic mass is 79.9. The van der Waals surface area contributed by atoms with E-state index in [1.165, 1.54) is 10.6 Å². The van der Waals surface area contributed by atoms with E-state index >= 15 is 0 Å². The highest BCUT2D eigenvalue weighted by molar-refractivity contribution is 9.10. The van der Waals surface area contributed by atoms with Crippen LogP contribution in [0.3, 0.4) is 0 Å². The Morgan fingerprint density at radius 2 is 2.00 bits per heavy atom. The average Bonchev–Trinajstić information content (AvgIpc) is 2.52. The largest absolute Gasteiger partial charge is 0.496 e. The molecular formula is C15H20BrNO5S. The molecule has 0 spiro atoms. The van der Waals surface area contributed by atoms with Crippen LogP contribution >= 0.6 is 15.9 Å². The molecule has 0 N–H and O–H groups in total. The van der Waals surface area contributed by atoms with E-state index in [1.807, 2.05) is 12.1 Å². The number of ether oxygens (including phenoxy) is 2. The molecule has 0 amide bonds. The number of piperidine rings is 1. The highest BCUT2D eigenvalue weighted by Crippen LogP contribution is 2.25. The van der Waals surface area contributed by atoms with Crippen molar-refractivity contribution in [2.24, 2.45) is 5.92 Å². The van der Waals surface area contributed by atoms with Crippen LogP contribution in [0.5, 0.6) is 5.75 Å². The minimum atomic E-state index is -3.18. The minimum absolute atomic E-state index is 0.133. The fourth-order valence-electron chi connectivity index (χ4n) is 2.55. The van der Waals surface area contributed by atoms with Crippen molar-refractivity contribution < 1.29 is 22.7 Å². The van der Waals surface area contributed by atoms with Crippen molar-refractivity contribution in [2.75, 3.05) is 26.5 Å². The molecule has 23 heavy (non-hydrogen) atoms. The third-order valence-electron chi connectivity index (χ3n) is 3.87. The maximum absolute atomic E-state index is 12.2. The Balaban J connectivity index is 1.90. The highest BCUT2D eigenvalue weighted by Gasteiger charge is 2.29. The number of halogens is 1. The van der Waals surface area contributed by atoms with Gasteiger partial charge in [-0.1, -0.05) is 15.9 Å². The summed E-state index contributed by atoms with van der Waals surface area (Å²) in [6.45, 7) is 0.853. The Bertz CT molecular complexity index is 668. The molecule has 0 unspecified atom stereocenters. The van der Waals surface area contributed by atoms with Crippen molar-refractivity contribution in [3.8, 4) is 5.75 Å². The number of methoxy groups -OCH3 is 1. The molecule has 1 saturated heterocycles. The van der Waals surface area contributed by atoms with Gasteiger partial charge in [0, 0.05) is 23.1 Å². The van der Waals surface area contributed by atoms with Gasteiger partial charge in [-0.25, -0.2) is 12.7 Å². The molecule has 0 radical (unpaired) electrons. The molecule has 1 aliphatic rings. The smallest absolute Gasteiger partial charge is 0.309 e. The maximum atomic E-state index is 12.2. The number of carbonyl (C=O) groups excluding carboxylic acids is 1. The van der Waals surface area contributed by atoms with E-state index in [2.05, 4.69) is 15.9 Å². The zero-order valence-electron chi connectivity index (χ0n) is 13.1. The fraction of sp³-hybridized carbons (Fsp3) is 0.533. The first-order chi connectivity index (χ1) is 10.8. The van der Waals surface area contributed by atoms with Crippen LogP contribution in [0.2, 0.25) is 0 Å². The van der Waals surface area contributed by atoms with Gasteiger partial charge in [-0.15, -0.1) is 0 Å². The second-order valence-corrected chi connectivity index (χ2v) is 8.40. The van der Waals surface area contributed by atoms with E-state index < -0.39 is 10.0 Å². The summed E-state index contributed by atoms with van der Waals surface area (Å²) in [4.78, 5) is 12.2. The van der Waals surface area contributed by atoms with Crippen molar-refractivity contribution in [1.29, 1.82) is 0 Å². The van der Waals surface area contributed by atoms with Crippen LogP contribution in [-0.4, -0.2) is 45.1 Å². The second-order valence-electron chi connectivity index (χ2n) is 5.50. The number of hydrogen-bond donors (Lipinski definition) is 0. The van der Waals surface area contributed by atoms with Crippen LogP contribution in [0, 0.1) is 5.92 Å². The Kier molecular flexibility index (Phi) is 6.05. The summed E-state index contributed by atoms with van der Waals surface area (Å²) in [5, 5.41) is 0. The van der Waals surface area contributed by atoms with Gasteiger partial charge in [-0.05, 0) is 31.0 Å². The molecule has 0 aromatic heterocycles. The van der Waals surface area contributed by atoms with E-state index in [-0.39, 0.29) is 18.5 Å². The third-order valence-corrected chi connectivity index (χ3v) is 5.67. The molecule has 0 bridgehead atoms. The topological polar surface area (TPSA) is 72.9 Å². The van der Waals surface area contributed by atoms with Crippen LogP contribution in [0.15, 0.2) is 22.7 Å². The maximum Gasteiger partial charge on any atom is 0.309 e. The quantitative estimate of drug-likeness (QED) is 0.701. The van der Waals surface area contributed by atoms with Crippen molar-refractivity contribution >= 4 is 31.9 Å². The fourth-order valence-corrected chi connectivity index (χ4v) is 3.83. The van der Waals surface area contributed by atoms with Crippen molar-refractivity contribution in [3.05, 3.63) is 28.2 Å². The molecule has 2 rings (SSSR count). The van der Waals surface area contributed by atoms with Gasteiger partial charge >= 0.3 is 5.97 Å². The molecule has 1 heterocycles. The Hall–Kier alpha value is -1.12. The van der Waals surface area contributed by atoms with Gasteiger partial charge in [0.1, 0.15) is 12.4 Å². The predicted molar refractivity (Wildman–Crippen MR) is 89.6 cm³/mol. The molecule has 1 aliphatic heterocycles. The summed E-state index contributed by atoms with van der Waals surface area (Å²) < 4.78 is 35.8. The predicted octanol–water partition coefficient (Wildman–Crippen LogP) is 2.17. The number of esters is 1. The minimum Gasteiger partial charge on any atom is -0.496 e. The van der Waals surface area contributed by atoms with Crippen molar-refractivity contribution in [3.63, 3.8) is 0 Å². The van der Waals surface area contributed by atoms with E-state index in [0.717, 1.165) is 10.0 Å². The average molecular weight is 406 g/mol. The Morgan fingerprint density at radius 1 is 1.35 bits per heavy atom. The van der Waals surface area contributed by atoms with Crippen LogP contribution in [0.25, 0.3) is 0 Å². The molecular weight excluding hydrogens is 386 g/mol. The third kappa shape index (κ3) is 4.92. The first-order valence-corrected chi connectivity index (χ1v) is 9.89. The van der Waals surface area contributed by atoms with Crippen molar-refractivity contribution in [2.45, 2.75) is 19.4 Å². The second kappa shape index (κ2) is 7.63. The van der Waals surface area contributed by atoms with Crippen molar-refractivity contribution in [1.82, 2.24) is 4.31 Å². The molecule has 0 atom stereocenters. The van der Waals surface area contributed by atoms with Gasteiger partial charge in [0.25, 0.3) is 0 Å². The SMILES string of the molecule is COc1ccc(Br)cc1COC(=O)C1CCN(S(C)(=O)=O)CC1. The van der Waals surface area contributed by atoms with Gasteiger partial charge in [0.05, 0.1) is 19.3 Å². The number of carbonyl (C=O) groups is 1. The van der Waals surface area contributed by atoms with Gasteiger partial charge in [0.15, 0.2) is 0 Å². The summed E-state index contributed by atoms with van der Waals surface area (Å²) in [6, 6.07) is 5.50. The summed E-state index contributed by atoms with van der Waals surface area (Å²) in [5.74, 6) is 0.110. The Morgan fingerprint density at radius 3 is 2.57 bits per heavy atom. The van der Waals surface area contributed by atoms with Crippen LogP contribution in [0.1, 0.15) is 18.4 Å². The van der Waals surface area contributed by atoms with E-state index in [0.29, 0.717) is 31.7 Å². The first-order valence-electron chi connectivity index (χ1n) is 7.25. The zero-order chi connectivity index (χ0) is 17.0. The Labute approximate surface area is 144 Å². The van der Waals surface area contributed by atoms with Gasteiger partial charge in [0.2, 0.25) is 10.0 Å². The summed E-state index contributed by atoms with van der Waals surface area (Å²) in [6.07, 6.45) is 2.16. The zero-order valence-corrected chi connectivity index (χ0v) is 15.5. The number of benzene rings is 1. The lowest BCUT2D eigenvalue weighted by Gasteiger charge is -2.28. The lowest BCUT2D eigenvalue weighted by atomic mass is 9.98. The molecule has 6 nitrogen and oxygen atoms in total. The molecule has 0 saturated carbocycles. The molecule has 1 aromatic carbocycles. The van der Waals surface area contributed by atoms with Gasteiger partial charge < -0.3 is 9.47 Å². The van der Waals surface area contributed by atoms with Crippen LogP contribution < -0.4 is 4.74 Å². The number of rotatable bonds is 5. The number of sulfonamides is 1.